The summed E-state index contributed by atoms with van der Waals surface area (Å²) in [5, 5.41) is 7.54. The van der Waals surface area contributed by atoms with Crippen molar-refractivity contribution >= 4 is 23.3 Å². The molecule has 2 heterocycles. The highest BCUT2D eigenvalue weighted by atomic mass is 16.2. The third kappa shape index (κ3) is 4.97. The third-order valence-corrected chi connectivity index (χ3v) is 5.63. The molecule has 1 aliphatic rings. The molecular weight excluding hydrogens is 404 g/mol. The van der Waals surface area contributed by atoms with Gasteiger partial charge < -0.3 is 16.0 Å². The van der Waals surface area contributed by atoms with E-state index in [-0.39, 0.29) is 5.91 Å². The summed E-state index contributed by atoms with van der Waals surface area (Å²) in [5.41, 5.74) is 9.79. The number of hydrogen-bond acceptors (Lipinski definition) is 5. The van der Waals surface area contributed by atoms with Crippen molar-refractivity contribution in [3.8, 4) is 5.69 Å². The molecule has 2 amide bonds. The fraction of sp³-hybridized carbons (Fsp3) is 0.292. The molecule has 0 spiro atoms. The number of carbonyl (C=O) groups excluding carboxylic acids is 2. The Labute approximate surface area is 187 Å². The average Bonchev–Trinajstić information content (AvgIpc) is 3.14. The lowest BCUT2D eigenvalue weighted by atomic mass is 10.1. The maximum absolute atomic E-state index is 12.7. The van der Waals surface area contributed by atoms with Gasteiger partial charge in [-0.3, -0.25) is 14.5 Å². The standard InChI is InChI=1S/C24H28N6O2/c1-17-3-7-21(8-4-17)30-22(15-18(2)27-30)26-23(31)16-28-11-13-29(14-12-28)20-9-5-19(6-10-20)24(25)32/h3-10,15H,11-14,16H2,1-2H3,(H2,25,32)(H,26,31). The molecule has 0 radical (unpaired) electrons. The van der Waals surface area contributed by atoms with Crippen molar-refractivity contribution < 1.29 is 9.59 Å². The molecule has 3 aromatic rings. The monoisotopic (exact) mass is 432 g/mol. The molecule has 4 rings (SSSR count). The predicted molar refractivity (Wildman–Crippen MR) is 125 cm³/mol. The van der Waals surface area contributed by atoms with Crippen molar-refractivity contribution in [1.29, 1.82) is 0 Å². The zero-order chi connectivity index (χ0) is 22.7. The molecule has 166 valence electrons. The average molecular weight is 433 g/mol. The van der Waals surface area contributed by atoms with Crippen LogP contribution in [-0.4, -0.2) is 59.2 Å². The Morgan fingerprint density at radius 3 is 2.19 bits per heavy atom. The van der Waals surface area contributed by atoms with Gasteiger partial charge in [0.15, 0.2) is 0 Å². The van der Waals surface area contributed by atoms with Crippen LogP contribution in [0.3, 0.4) is 0 Å². The number of hydrogen-bond donors (Lipinski definition) is 2. The molecule has 8 heteroatoms. The SMILES string of the molecule is Cc1ccc(-n2nc(C)cc2NC(=O)CN2CCN(c3ccc(C(N)=O)cc3)CC2)cc1. The molecule has 2 aromatic carbocycles. The molecule has 0 unspecified atom stereocenters. The number of anilines is 2. The zero-order valence-corrected chi connectivity index (χ0v) is 18.4. The summed E-state index contributed by atoms with van der Waals surface area (Å²) in [6.07, 6.45) is 0. The highest BCUT2D eigenvalue weighted by Gasteiger charge is 2.20. The van der Waals surface area contributed by atoms with Gasteiger partial charge in [0.05, 0.1) is 17.9 Å². The van der Waals surface area contributed by atoms with Crippen LogP contribution < -0.4 is 16.0 Å². The summed E-state index contributed by atoms with van der Waals surface area (Å²) in [7, 11) is 0. The number of amides is 2. The zero-order valence-electron chi connectivity index (χ0n) is 18.4. The number of nitrogens with one attached hydrogen (secondary N) is 1. The van der Waals surface area contributed by atoms with E-state index in [0.717, 1.165) is 43.2 Å². The van der Waals surface area contributed by atoms with Crippen molar-refractivity contribution in [1.82, 2.24) is 14.7 Å². The second kappa shape index (κ2) is 9.23. The van der Waals surface area contributed by atoms with Gasteiger partial charge in [-0.05, 0) is 50.2 Å². The number of nitrogens with two attached hydrogens (primary N) is 1. The number of rotatable bonds is 6. The van der Waals surface area contributed by atoms with Crippen LogP contribution in [0.25, 0.3) is 5.69 Å². The number of aryl methyl sites for hydroxylation is 2. The lowest BCUT2D eigenvalue weighted by Gasteiger charge is -2.35. The summed E-state index contributed by atoms with van der Waals surface area (Å²) < 4.78 is 1.76. The molecule has 0 saturated carbocycles. The van der Waals surface area contributed by atoms with Gasteiger partial charge >= 0.3 is 0 Å². The van der Waals surface area contributed by atoms with E-state index in [1.807, 2.05) is 56.3 Å². The van der Waals surface area contributed by atoms with E-state index in [2.05, 4.69) is 20.2 Å². The van der Waals surface area contributed by atoms with E-state index in [1.165, 1.54) is 5.56 Å². The first-order chi connectivity index (χ1) is 15.4. The first kappa shape index (κ1) is 21.6. The lowest BCUT2D eigenvalue weighted by Crippen LogP contribution is -2.48. The highest BCUT2D eigenvalue weighted by Crippen LogP contribution is 2.19. The smallest absolute Gasteiger partial charge is 0.248 e. The van der Waals surface area contributed by atoms with Gasteiger partial charge in [-0.15, -0.1) is 0 Å². The Kier molecular flexibility index (Phi) is 6.23. The maximum Gasteiger partial charge on any atom is 0.248 e. The molecule has 1 aliphatic heterocycles. The van der Waals surface area contributed by atoms with Crippen LogP contribution in [0.4, 0.5) is 11.5 Å². The van der Waals surface area contributed by atoms with Crippen molar-refractivity contribution in [2.75, 3.05) is 42.9 Å². The number of carbonyl (C=O) groups is 2. The number of nitrogens with zero attached hydrogens (tertiary/aromatic N) is 4. The molecule has 3 N–H and O–H groups in total. The van der Waals surface area contributed by atoms with Crippen LogP contribution >= 0.6 is 0 Å². The Balaban J connectivity index is 1.33. The van der Waals surface area contributed by atoms with E-state index >= 15 is 0 Å². The number of piperazine rings is 1. The van der Waals surface area contributed by atoms with Gasteiger partial charge in [0.2, 0.25) is 11.8 Å². The summed E-state index contributed by atoms with van der Waals surface area (Å²) in [5.74, 6) is 0.188. The van der Waals surface area contributed by atoms with Gasteiger partial charge in [-0.25, -0.2) is 4.68 Å². The maximum atomic E-state index is 12.7. The molecule has 1 saturated heterocycles. The van der Waals surface area contributed by atoms with Crippen LogP contribution in [0.5, 0.6) is 0 Å². The van der Waals surface area contributed by atoms with E-state index in [1.54, 1.807) is 16.8 Å². The summed E-state index contributed by atoms with van der Waals surface area (Å²) in [6, 6.07) is 17.2. The van der Waals surface area contributed by atoms with E-state index in [4.69, 9.17) is 5.73 Å². The summed E-state index contributed by atoms with van der Waals surface area (Å²) in [6.45, 7) is 7.45. The minimum absolute atomic E-state index is 0.0578. The molecule has 1 aromatic heterocycles. The minimum atomic E-state index is -0.425. The van der Waals surface area contributed by atoms with Crippen LogP contribution in [0.2, 0.25) is 0 Å². The Morgan fingerprint density at radius 1 is 0.938 bits per heavy atom. The predicted octanol–water partition coefficient (Wildman–Crippen LogP) is 2.35. The number of aromatic nitrogens is 2. The second-order valence-corrected chi connectivity index (χ2v) is 8.14. The quantitative estimate of drug-likeness (QED) is 0.623. The Morgan fingerprint density at radius 2 is 1.56 bits per heavy atom. The second-order valence-electron chi connectivity index (χ2n) is 8.14. The van der Waals surface area contributed by atoms with Gasteiger partial charge in [0, 0.05) is 43.5 Å². The van der Waals surface area contributed by atoms with Crippen LogP contribution in [-0.2, 0) is 4.79 Å². The van der Waals surface area contributed by atoms with E-state index in [0.29, 0.717) is 17.9 Å². The highest BCUT2D eigenvalue weighted by molar-refractivity contribution is 5.93. The molecule has 1 fully saturated rings. The van der Waals surface area contributed by atoms with E-state index < -0.39 is 5.91 Å². The van der Waals surface area contributed by atoms with Crippen molar-refractivity contribution in [2.24, 2.45) is 5.73 Å². The molecule has 0 atom stereocenters. The fourth-order valence-electron chi connectivity index (χ4n) is 3.86. The topological polar surface area (TPSA) is 96.5 Å². The minimum Gasteiger partial charge on any atom is -0.369 e. The summed E-state index contributed by atoms with van der Waals surface area (Å²) >= 11 is 0. The van der Waals surface area contributed by atoms with Crippen LogP contribution in [0.15, 0.2) is 54.6 Å². The normalized spacial score (nSPS) is 14.4. The van der Waals surface area contributed by atoms with Gasteiger partial charge in [0.25, 0.3) is 0 Å². The first-order valence-corrected chi connectivity index (χ1v) is 10.7. The third-order valence-electron chi connectivity index (χ3n) is 5.63. The van der Waals surface area contributed by atoms with Crippen LogP contribution in [0, 0.1) is 13.8 Å². The summed E-state index contributed by atoms with van der Waals surface area (Å²) in [4.78, 5) is 28.4. The number of benzene rings is 2. The fourth-order valence-corrected chi connectivity index (χ4v) is 3.86. The van der Waals surface area contributed by atoms with Crippen molar-refractivity contribution in [3.05, 3.63) is 71.4 Å². The molecule has 32 heavy (non-hydrogen) atoms. The molecular formula is C24H28N6O2. The van der Waals surface area contributed by atoms with Gasteiger partial charge in [-0.1, -0.05) is 17.7 Å². The lowest BCUT2D eigenvalue weighted by molar-refractivity contribution is -0.117. The number of primary amides is 1. The Hall–Kier alpha value is -3.65. The van der Waals surface area contributed by atoms with Gasteiger partial charge in [0.1, 0.15) is 5.82 Å². The molecule has 8 nitrogen and oxygen atoms in total. The van der Waals surface area contributed by atoms with Crippen LogP contribution in [0.1, 0.15) is 21.6 Å². The van der Waals surface area contributed by atoms with E-state index in [9.17, 15) is 9.59 Å². The van der Waals surface area contributed by atoms with Gasteiger partial charge in [-0.2, -0.15) is 5.10 Å². The van der Waals surface area contributed by atoms with Crippen molar-refractivity contribution in [3.63, 3.8) is 0 Å². The largest absolute Gasteiger partial charge is 0.369 e. The molecule has 0 bridgehead atoms. The van der Waals surface area contributed by atoms with Crippen molar-refractivity contribution in [2.45, 2.75) is 13.8 Å². The molecule has 0 aliphatic carbocycles. The first-order valence-electron chi connectivity index (χ1n) is 10.7. The Bertz CT molecular complexity index is 1100.